The Kier molecular flexibility index (Phi) is 4.86. The lowest BCUT2D eigenvalue weighted by Gasteiger charge is -2.10. The van der Waals surface area contributed by atoms with Crippen LogP contribution in [0.25, 0.3) is 6.08 Å². The standard InChI is InChI=1S/C14H12ClNO2S2/c1-3-6-16-13(17)12(20-14(16)19)8-9-4-5-11(18-2)10(15)7-9/h3-5,7-8H,1,6H2,2H3. The summed E-state index contributed by atoms with van der Waals surface area (Å²) in [7, 11) is 1.56. The maximum absolute atomic E-state index is 12.2. The average Bonchev–Trinajstić information content (AvgIpc) is 2.67. The lowest BCUT2D eigenvalue weighted by Crippen LogP contribution is -2.27. The maximum atomic E-state index is 12.2. The zero-order valence-corrected chi connectivity index (χ0v) is 13.1. The number of nitrogens with zero attached hydrogens (tertiary/aromatic N) is 1. The van der Waals surface area contributed by atoms with Gasteiger partial charge < -0.3 is 4.74 Å². The minimum atomic E-state index is -0.105. The Morgan fingerprint density at radius 1 is 1.55 bits per heavy atom. The second-order valence-electron chi connectivity index (χ2n) is 3.97. The van der Waals surface area contributed by atoms with Gasteiger partial charge in [-0.3, -0.25) is 9.69 Å². The Balaban J connectivity index is 2.28. The number of methoxy groups -OCH3 is 1. The molecule has 1 aliphatic heterocycles. The van der Waals surface area contributed by atoms with Crippen molar-refractivity contribution in [1.82, 2.24) is 4.90 Å². The molecule has 1 saturated heterocycles. The summed E-state index contributed by atoms with van der Waals surface area (Å²) >= 11 is 12.5. The second kappa shape index (κ2) is 6.43. The van der Waals surface area contributed by atoms with E-state index in [1.54, 1.807) is 31.4 Å². The monoisotopic (exact) mass is 325 g/mol. The fourth-order valence-electron chi connectivity index (χ4n) is 1.71. The number of carbonyl (C=O) groups is 1. The maximum Gasteiger partial charge on any atom is 0.266 e. The first-order valence-corrected chi connectivity index (χ1v) is 7.37. The zero-order valence-electron chi connectivity index (χ0n) is 10.8. The number of thiocarbonyl (C=S) groups is 1. The van der Waals surface area contributed by atoms with Gasteiger partial charge in [0.1, 0.15) is 10.1 Å². The highest BCUT2D eigenvalue weighted by molar-refractivity contribution is 8.26. The van der Waals surface area contributed by atoms with Crippen molar-refractivity contribution < 1.29 is 9.53 Å². The number of hydrogen-bond donors (Lipinski definition) is 0. The minimum absolute atomic E-state index is 0.105. The lowest BCUT2D eigenvalue weighted by molar-refractivity contribution is -0.121. The first kappa shape index (κ1) is 15.1. The van der Waals surface area contributed by atoms with Crippen LogP contribution in [0.15, 0.2) is 35.8 Å². The summed E-state index contributed by atoms with van der Waals surface area (Å²) in [5.74, 6) is 0.495. The van der Waals surface area contributed by atoms with E-state index >= 15 is 0 Å². The van der Waals surface area contributed by atoms with E-state index in [0.29, 0.717) is 26.5 Å². The summed E-state index contributed by atoms with van der Waals surface area (Å²) in [5.41, 5.74) is 0.829. The molecule has 0 aromatic heterocycles. The van der Waals surface area contributed by atoms with Crippen LogP contribution in [0.5, 0.6) is 5.75 Å². The number of amides is 1. The van der Waals surface area contributed by atoms with Crippen LogP contribution >= 0.6 is 35.6 Å². The Morgan fingerprint density at radius 2 is 2.30 bits per heavy atom. The summed E-state index contributed by atoms with van der Waals surface area (Å²) in [4.78, 5) is 14.3. The number of ether oxygens (including phenoxy) is 1. The Labute approximate surface area is 132 Å². The molecular weight excluding hydrogens is 314 g/mol. The molecule has 1 aromatic rings. The van der Waals surface area contributed by atoms with Gasteiger partial charge in [-0.2, -0.15) is 0 Å². The minimum Gasteiger partial charge on any atom is -0.495 e. The van der Waals surface area contributed by atoms with Gasteiger partial charge in [0.05, 0.1) is 17.0 Å². The quantitative estimate of drug-likeness (QED) is 0.479. The molecule has 6 heteroatoms. The molecule has 3 nitrogen and oxygen atoms in total. The molecular formula is C14H12ClNO2S2. The number of thioether (sulfide) groups is 1. The molecule has 20 heavy (non-hydrogen) atoms. The lowest BCUT2D eigenvalue weighted by atomic mass is 10.2. The van der Waals surface area contributed by atoms with E-state index in [1.807, 2.05) is 6.07 Å². The smallest absolute Gasteiger partial charge is 0.266 e. The van der Waals surface area contributed by atoms with Crippen LogP contribution in [0.4, 0.5) is 0 Å². The zero-order chi connectivity index (χ0) is 14.7. The SMILES string of the molecule is C=CCN1C(=O)C(=Cc2ccc(OC)c(Cl)c2)SC1=S. The molecule has 0 unspecified atom stereocenters. The fourth-order valence-corrected chi connectivity index (χ4v) is 3.25. The van der Waals surface area contributed by atoms with Gasteiger partial charge in [0.15, 0.2) is 0 Å². The summed E-state index contributed by atoms with van der Waals surface area (Å²) in [6, 6.07) is 5.35. The van der Waals surface area contributed by atoms with Crippen LogP contribution in [0.1, 0.15) is 5.56 Å². The highest BCUT2D eigenvalue weighted by atomic mass is 35.5. The third-order valence-electron chi connectivity index (χ3n) is 2.66. The van der Waals surface area contributed by atoms with Crippen molar-refractivity contribution >= 4 is 51.9 Å². The van der Waals surface area contributed by atoms with Gasteiger partial charge in [-0.1, -0.05) is 47.7 Å². The number of rotatable bonds is 4. The van der Waals surface area contributed by atoms with Crippen LogP contribution < -0.4 is 4.74 Å². The molecule has 0 aliphatic carbocycles. The van der Waals surface area contributed by atoms with Gasteiger partial charge in [0.25, 0.3) is 5.91 Å². The van der Waals surface area contributed by atoms with E-state index in [0.717, 1.165) is 5.56 Å². The molecule has 1 heterocycles. The van der Waals surface area contributed by atoms with E-state index in [9.17, 15) is 4.79 Å². The van der Waals surface area contributed by atoms with Crippen molar-refractivity contribution in [1.29, 1.82) is 0 Å². The topological polar surface area (TPSA) is 29.5 Å². The number of carbonyl (C=O) groups excluding carboxylic acids is 1. The summed E-state index contributed by atoms with van der Waals surface area (Å²) in [5, 5.41) is 0.503. The van der Waals surface area contributed by atoms with Crippen molar-refractivity contribution in [2.45, 2.75) is 0 Å². The predicted octanol–water partition coefficient (Wildman–Crippen LogP) is 3.74. The van der Waals surface area contributed by atoms with Crippen LogP contribution in [0.3, 0.4) is 0 Å². The molecule has 1 aromatic carbocycles. The first-order chi connectivity index (χ1) is 9.56. The number of benzene rings is 1. The summed E-state index contributed by atoms with van der Waals surface area (Å²) < 4.78 is 5.63. The van der Waals surface area contributed by atoms with Crippen LogP contribution in [-0.2, 0) is 4.79 Å². The third kappa shape index (κ3) is 3.06. The third-order valence-corrected chi connectivity index (χ3v) is 4.33. The molecule has 0 N–H and O–H groups in total. The number of halogens is 1. The predicted molar refractivity (Wildman–Crippen MR) is 88.1 cm³/mol. The molecule has 0 atom stereocenters. The van der Waals surface area contributed by atoms with Gasteiger partial charge >= 0.3 is 0 Å². The van der Waals surface area contributed by atoms with Crippen LogP contribution in [0, 0.1) is 0 Å². The molecule has 1 amide bonds. The summed E-state index contributed by atoms with van der Waals surface area (Å²) in [6.45, 7) is 4.04. The van der Waals surface area contributed by atoms with E-state index in [4.69, 9.17) is 28.6 Å². The highest BCUT2D eigenvalue weighted by Crippen LogP contribution is 2.33. The van der Waals surface area contributed by atoms with Crippen molar-refractivity contribution in [3.05, 3.63) is 46.3 Å². The Hall–Kier alpha value is -1.30. The van der Waals surface area contributed by atoms with E-state index < -0.39 is 0 Å². The highest BCUT2D eigenvalue weighted by Gasteiger charge is 2.30. The van der Waals surface area contributed by atoms with Gasteiger partial charge in [-0.15, -0.1) is 6.58 Å². The molecule has 0 spiro atoms. The molecule has 104 valence electrons. The van der Waals surface area contributed by atoms with E-state index in [1.165, 1.54) is 16.7 Å². The van der Waals surface area contributed by atoms with Gasteiger partial charge in [-0.25, -0.2) is 0 Å². The molecule has 0 radical (unpaired) electrons. The van der Waals surface area contributed by atoms with Gasteiger partial charge in [0.2, 0.25) is 0 Å². The van der Waals surface area contributed by atoms with E-state index in [-0.39, 0.29) is 5.91 Å². The van der Waals surface area contributed by atoms with Crippen molar-refractivity contribution in [3.63, 3.8) is 0 Å². The summed E-state index contributed by atoms with van der Waals surface area (Å²) in [6.07, 6.45) is 3.42. The first-order valence-electron chi connectivity index (χ1n) is 5.76. The fraction of sp³-hybridized carbons (Fsp3) is 0.143. The van der Waals surface area contributed by atoms with Crippen molar-refractivity contribution in [3.8, 4) is 5.75 Å². The normalized spacial score (nSPS) is 16.9. The van der Waals surface area contributed by atoms with Gasteiger partial charge in [0, 0.05) is 6.54 Å². The molecule has 1 fully saturated rings. The average molecular weight is 326 g/mol. The van der Waals surface area contributed by atoms with E-state index in [2.05, 4.69) is 6.58 Å². The van der Waals surface area contributed by atoms with Crippen molar-refractivity contribution in [2.24, 2.45) is 0 Å². The number of hydrogen-bond acceptors (Lipinski definition) is 4. The molecule has 0 saturated carbocycles. The van der Waals surface area contributed by atoms with Crippen LogP contribution in [0.2, 0.25) is 5.02 Å². The molecule has 2 rings (SSSR count). The molecule has 0 bridgehead atoms. The van der Waals surface area contributed by atoms with Crippen molar-refractivity contribution in [2.75, 3.05) is 13.7 Å². The molecule has 1 aliphatic rings. The second-order valence-corrected chi connectivity index (χ2v) is 6.06. The van der Waals surface area contributed by atoms with Gasteiger partial charge in [-0.05, 0) is 23.8 Å². The van der Waals surface area contributed by atoms with Crippen LogP contribution in [-0.4, -0.2) is 28.8 Å². The Bertz CT molecular complexity index is 613. The largest absolute Gasteiger partial charge is 0.495 e. The Morgan fingerprint density at radius 3 is 2.90 bits per heavy atom.